The molecule has 5 atom stereocenters. The van der Waals surface area contributed by atoms with Crippen molar-refractivity contribution in [1.82, 2.24) is 4.90 Å². The molecule has 1 saturated carbocycles. The molecule has 3 aliphatic rings. The van der Waals surface area contributed by atoms with Gasteiger partial charge in [0.25, 0.3) is 0 Å². The summed E-state index contributed by atoms with van der Waals surface area (Å²) in [5.41, 5.74) is 6.05. The largest absolute Gasteiger partial charge is 0.396 e. The highest BCUT2D eigenvalue weighted by atomic mass is 16.3. The Bertz CT molecular complexity index is 329. The van der Waals surface area contributed by atoms with Crippen LogP contribution in [0.1, 0.15) is 32.1 Å². The molecular formula is C15H27N3O. The van der Waals surface area contributed by atoms with E-state index in [4.69, 9.17) is 5.73 Å². The Morgan fingerprint density at radius 3 is 3.05 bits per heavy atom. The zero-order chi connectivity index (χ0) is 13.2. The fourth-order valence-corrected chi connectivity index (χ4v) is 4.14. The molecule has 3 rings (SSSR count). The predicted octanol–water partition coefficient (Wildman–Crippen LogP) is 0.887. The molecule has 4 nitrogen and oxygen atoms in total. The number of nitrogens with zero attached hydrogens (tertiary/aromatic N) is 2. The number of nitrogens with two attached hydrogens (primary N) is 1. The minimum Gasteiger partial charge on any atom is -0.396 e. The molecule has 2 fully saturated rings. The molecule has 1 aliphatic carbocycles. The highest BCUT2D eigenvalue weighted by molar-refractivity contribution is 5.60. The summed E-state index contributed by atoms with van der Waals surface area (Å²) in [5.74, 6) is 1.93. The number of fused-ring (bicyclic) bond motifs is 1. The van der Waals surface area contributed by atoms with Crippen molar-refractivity contribution in [3.05, 3.63) is 0 Å². The lowest BCUT2D eigenvalue weighted by Crippen LogP contribution is -2.50. The first kappa shape index (κ1) is 13.5. The van der Waals surface area contributed by atoms with Crippen LogP contribution < -0.4 is 5.73 Å². The van der Waals surface area contributed by atoms with Crippen molar-refractivity contribution in [2.45, 2.75) is 44.2 Å². The SMILES string of the molecule is NC1CCN(CC2CCC3N=CCC3C2)CC1CO. The highest BCUT2D eigenvalue weighted by Gasteiger charge is 2.34. The van der Waals surface area contributed by atoms with Crippen LogP contribution in [0.25, 0.3) is 0 Å². The monoisotopic (exact) mass is 265 g/mol. The lowest BCUT2D eigenvalue weighted by Gasteiger charge is -2.39. The van der Waals surface area contributed by atoms with Gasteiger partial charge in [0.15, 0.2) is 0 Å². The van der Waals surface area contributed by atoms with Gasteiger partial charge in [-0.15, -0.1) is 0 Å². The number of likely N-dealkylation sites (tertiary alicyclic amines) is 1. The van der Waals surface area contributed by atoms with E-state index in [9.17, 15) is 5.11 Å². The van der Waals surface area contributed by atoms with Crippen molar-refractivity contribution in [3.8, 4) is 0 Å². The standard InChI is InChI=1S/C15H27N3O/c16-14-4-6-18(9-13(14)10-19)8-11-1-2-15-12(7-11)3-5-17-15/h5,11-15,19H,1-4,6-10,16H2. The molecule has 19 heavy (non-hydrogen) atoms. The second kappa shape index (κ2) is 5.90. The number of piperidine rings is 1. The average Bonchev–Trinajstić information content (AvgIpc) is 2.88. The van der Waals surface area contributed by atoms with Crippen molar-refractivity contribution in [2.24, 2.45) is 28.5 Å². The maximum absolute atomic E-state index is 9.38. The minimum absolute atomic E-state index is 0.195. The van der Waals surface area contributed by atoms with Crippen LogP contribution in [0, 0.1) is 17.8 Å². The van der Waals surface area contributed by atoms with Crippen LogP contribution in [0.3, 0.4) is 0 Å². The van der Waals surface area contributed by atoms with Gasteiger partial charge in [0, 0.05) is 31.7 Å². The molecule has 108 valence electrons. The Hall–Kier alpha value is -0.450. The summed E-state index contributed by atoms with van der Waals surface area (Å²) in [6.07, 6.45) is 8.32. The lowest BCUT2D eigenvalue weighted by molar-refractivity contribution is 0.0809. The maximum Gasteiger partial charge on any atom is 0.0527 e. The van der Waals surface area contributed by atoms with Crippen molar-refractivity contribution < 1.29 is 5.11 Å². The molecular weight excluding hydrogens is 238 g/mol. The number of hydrogen-bond donors (Lipinski definition) is 2. The van der Waals surface area contributed by atoms with E-state index in [0.717, 1.165) is 31.3 Å². The number of rotatable bonds is 3. The molecule has 0 aromatic carbocycles. The summed E-state index contributed by atoms with van der Waals surface area (Å²) in [6, 6.07) is 0.830. The van der Waals surface area contributed by atoms with E-state index in [1.807, 2.05) is 0 Å². The fourth-order valence-electron chi connectivity index (χ4n) is 4.14. The highest BCUT2D eigenvalue weighted by Crippen LogP contribution is 2.36. The van der Waals surface area contributed by atoms with Crippen LogP contribution in [0.2, 0.25) is 0 Å². The third-order valence-electron chi connectivity index (χ3n) is 5.38. The average molecular weight is 265 g/mol. The Labute approximate surface area is 116 Å². The van der Waals surface area contributed by atoms with Crippen molar-refractivity contribution >= 4 is 6.21 Å². The number of aliphatic imine (C=N–C) groups is 1. The van der Waals surface area contributed by atoms with E-state index in [1.54, 1.807) is 0 Å². The second-order valence-electron chi connectivity index (χ2n) is 6.73. The molecule has 0 aromatic rings. The summed E-state index contributed by atoms with van der Waals surface area (Å²) >= 11 is 0. The van der Waals surface area contributed by atoms with Gasteiger partial charge in [0.1, 0.15) is 0 Å². The Kier molecular flexibility index (Phi) is 4.20. The van der Waals surface area contributed by atoms with Crippen molar-refractivity contribution in [2.75, 3.05) is 26.2 Å². The third kappa shape index (κ3) is 3.01. The molecule has 5 unspecified atom stereocenters. The topological polar surface area (TPSA) is 61.8 Å². The van der Waals surface area contributed by atoms with Gasteiger partial charge in [-0.05, 0) is 56.7 Å². The van der Waals surface area contributed by atoms with Gasteiger partial charge in [-0.2, -0.15) is 0 Å². The third-order valence-corrected chi connectivity index (χ3v) is 5.38. The van der Waals surface area contributed by atoms with Gasteiger partial charge in [-0.1, -0.05) is 0 Å². The van der Waals surface area contributed by atoms with Gasteiger partial charge in [0.05, 0.1) is 6.04 Å². The van der Waals surface area contributed by atoms with Crippen LogP contribution >= 0.6 is 0 Å². The summed E-state index contributed by atoms with van der Waals surface area (Å²) < 4.78 is 0. The van der Waals surface area contributed by atoms with Gasteiger partial charge >= 0.3 is 0 Å². The van der Waals surface area contributed by atoms with E-state index in [1.165, 1.54) is 32.2 Å². The van der Waals surface area contributed by atoms with Gasteiger partial charge in [0.2, 0.25) is 0 Å². The van der Waals surface area contributed by atoms with Gasteiger partial charge in [-0.25, -0.2) is 0 Å². The summed E-state index contributed by atoms with van der Waals surface area (Å²) in [6.45, 7) is 3.53. The molecule has 0 radical (unpaired) electrons. The molecule has 0 aromatic heterocycles. The molecule has 4 heteroatoms. The zero-order valence-electron chi connectivity index (χ0n) is 11.7. The molecule has 0 spiro atoms. The first-order chi connectivity index (χ1) is 9.26. The van der Waals surface area contributed by atoms with Crippen molar-refractivity contribution in [3.63, 3.8) is 0 Å². The van der Waals surface area contributed by atoms with E-state index >= 15 is 0 Å². The quantitative estimate of drug-likeness (QED) is 0.796. The molecule has 0 amide bonds. The van der Waals surface area contributed by atoms with Crippen LogP contribution in [0.15, 0.2) is 4.99 Å². The smallest absolute Gasteiger partial charge is 0.0527 e. The van der Waals surface area contributed by atoms with Crippen LogP contribution in [0.5, 0.6) is 0 Å². The van der Waals surface area contributed by atoms with Gasteiger partial charge in [-0.3, -0.25) is 4.99 Å². The number of hydrogen-bond acceptors (Lipinski definition) is 4. The molecule has 2 heterocycles. The molecule has 0 bridgehead atoms. The maximum atomic E-state index is 9.38. The minimum atomic E-state index is 0.195. The van der Waals surface area contributed by atoms with E-state index in [-0.39, 0.29) is 18.6 Å². The Balaban J connectivity index is 1.49. The van der Waals surface area contributed by atoms with Gasteiger partial charge < -0.3 is 15.7 Å². The van der Waals surface area contributed by atoms with E-state index in [2.05, 4.69) is 16.1 Å². The Morgan fingerprint density at radius 2 is 2.21 bits per heavy atom. The first-order valence-electron chi connectivity index (χ1n) is 7.86. The molecule has 1 saturated heterocycles. The summed E-state index contributed by atoms with van der Waals surface area (Å²) in [7, 11) is 0. The molecule has 2 aliphatic heterocycles. The van der Waals surface area contributed by atoms with Crippen LogP contribution in [-0.4, -0.2) is 54.5 Å². The predicted molar refractivity (Wildman–Crippen MR) is 77.3 cm³/mol. The lowest BCUT2D eigenvalue weighted by atomic mass is 9.78. The van der Waals surface area contributed by atoms with Crippen LogP contribution in [-0.2, 0) is 0 Å². The first-order valence-corrected chi connectivity index (χ1v) is 7.86. The molecule has 3 N–H and O–H groups in total. The summed E-state index contributed by atoms with van der Waals surface area (Å²) in [4.78, 5) is 7.12. The second-order valence-corrected chi connectivity index (χ2v) is 6.73. The van der Waals surface area contributed by atoms with E-state index < -0.39 is 0 Å². The van der Waals surface area contributed by atoms with Crippen molar-refractivity contribution in [1.29, 1.82) is 0 Å². The normalized spacial score (nSPS) is 43.4. The Morgan fingerprint density at radius 1 is 1.32 bits per heavy atom. The fraction of sp³-hybridized carbons (Fsp3) is 0.933. The zero-order valence-corrected chi connectivity index (χ0v) is 11.7. The number of aliphatic hydroxyl groups is 1. The van der Waals surface area contributed by atoms with E-state index in [0.29, 0.717) is 6.04 Å². The summed E-state index contributed by atoms with van der Waals surface area (Å²) in [5, 5.41) is 9.38. The van der Waals surface area contributed by atoms with Crippen LogP contribution in [0.4, 0.5) is 0 Å². The number of aliphatic hydroxyl groups excluding tert-OH is 1.